The van der Waals surface area contributed by atoms with Crippen molar-refractivity contribution in [3.63, 3.8) is 0 Å². The first-order valence-corrected chi connectivity index (χ1v) is 8.81. The summed E-state index contributed by atoms with van der Waals surface area (Å²) in [5.74, 6) is 0.647. The summed E-state index contributed by atoms with van der Waals surface area (Å²) in [6.45, 7) is 3.72. The second-order valence-electron chi connectivity index (χ2n) is 4.58. The molecule has 0 spiro atoms. The lowest BCUT2D eigenvalue weighted by molar-refractivity contribution is -0.140. The molecule has 0 saturated heterocycles. The molecule has 2 heterocycles. The number of nitrogens with one attached hydrogen (secondary N) is 2. The summed E-state index contributed by atoms with van der Waals surface area (Å²) in [7, 11) is 0. The Morgan fingerprint density at radius 1 is 1.29 bits per heavy atom. The van der Waals surface area contributed by atoms with Crippen molar-refractivity contribution >= 4 is 52.6 Å². The van der Waals surface area contributed by atoms with Gasteiger partial charge in [0.2, 0.25) is 0 Å². The summed E-state index contributed by atoms with van der Waals surface area (Å²) >= 11 is 2.65. The van der Waals surface area contributed by atoms with Gasteiger partial charge in [0.05, 0.1) is 11.6 Å². The number of aromatic nitrogens is 1. The number of thiazole rings is 1. The molecular formula is C14H18F3IN4S2. The summed E-state index contributed by atoms with van der Waals surface area (Å²) < 4.78 is 37.5. The number of halogens is 4. The first-order valence-electron chi connectivity index (χ1n) is 7.05. The highest BCUT2D eigenvalue weighted by molar-refractivity contribution is 14.0. The third kappa shape index (κ3) is 6.93. The highest BCUT2D eigenvalue weighted by atomic mass is 127. The van der Waals surface area contributed by atoms with E-state index in [2.05, 4.69) is 20.6 Å². The number of aliphatic imine (C=N–C) groups is 1. The third-order valence-corrected chi connectivity index (χ3v) is 4.56. The minimum absolute atomic E-state index is 0. The SMILES string of the molecule is CCNC(=NCc1cccs1)NCCc1nc(C(F)(F)F)cs1.I. The van der Waals surface area contributed by atoms with E-state index in [-0.39, 0.29) is 24.0 Å². The number of rotatable bonds is 6. The van der Waals surface area contributed by atoms with Crippen LogP contribution in [-0.2, 0) is 19.1 Å². The molecule has 134 valence electrons. The Hall–Kier alpha value is -0.880. The lowest BCUT2D eigenvalue weighted by Gasteiger charge is -2.10. The van der Waals surface area contributed by atoms with Gasteiger partial charge in [-0.25, -0.2) is 9.98 Å². The third-order valence-electron chi connectivity index (χ3n) is 2.79. The maximum absolute atomic E-state index is 12.5. The first kappa shape index (κ1) is 21.2. The second-order valence-corrected chi connectivity index (χ2v) is 6.55. The van der Waals surface area contributed by atoms with Gasteiger partial charge in [-0.05, 0) is 18.4 Å². The molecule has 0 radical (unpaired) electrons. The van der Waals surface area contributed by atoms with Crippen LogP contribution in [0.15, 0.2) is 27.9 Å². The summed E-state index contributed by atoms with van der Waals surface area (Å²) in [4.78, 5) is 9.20. The van der Waals surface area contributed by atoms with Crippen LogP contribution < -0.4 is 10.6 Å². The van der Waals surface area contributed by atoms with Crippen molar-refractivity contribution in [3.05, 3.63) is 38.5 Å². The fourth-order valence-electron chi connectivity index (χ4n) is 1.75. The molecule has 10 heteroatoms. The van der Waals surface area contributed by atoms with Gasteiger partial charge in [-0.1, -0.05) is 6.07 Å². The Labute approximate surface area is 163 Å². The fraction of sp³-hybridized carbons (Fsp3) is 0.429. The normalized spacial score (nSPS) is 11.9. The van der Waals surface area contributed by atoms with Crippen molar-refractivity contribution in [2.75, 3.05) is 13.1 Å². The molecule has 4 nitrogen and oxygen atoms in total. The van der Waals surface area contributed by atoms with Gasteiger partial charge in [0.15, 0.2) is 11.7 Å². The summed E-state index contributed by atoms with van der Waals surface area (Å²) in [5, 5.41) is 9.71. The smallest absolute Gasteiger partial charge is 0.357 e. The molecule has 0 aliphatic heterocycles. The van der Waals surface area contributed by atoms with Gasteiger partial charge in [-0.3, -0.25) is 0 Å². The van der Waals surface area contributed by atoms with E-state index in [1.54, 1.807) is 11.3 Å². The van der Waals surface area contributed by atoms with E-state index in [9.17, 15) is 13.2 Å². The van der Waals surface area contributed by atoms with Gasteiger partial charge in [0.1, 0.15) is 0 Å². The molecule has 0 saturated carbocycles. The van der Waals surface area contributed by atoms with Gasteiger partial charge in [-0.15, -0.1) is 46.7 Å². The standard InChI is InChI=1S/C14H17F3N4S2.HI/c1-2-18-13(20-8-10-4-3-7-22-10)19-6-5-12-21-11(9-23-12)14(15,16)17;/h3-4,7,9H,2,5-6,8H2,1H3,(H2,18,19,20);1H. The van der Waals surface area contributed by atoms with Crippen molar-refractivity contribution in [2.45, 2.75) is 26.1 Å². The summed E-state index contributed by atoms with van der Waals surface area (Å²) in [6.07, 6.45) is -3.95. The molecule has 0 aliphatic rings. The van der Waals surface area contributed by atoms with E-state index < -0.39 is 11.9 Å². The van der Waals surface area contributed by atoms with Crippen LogP contribution in [0.25, 0.3) is 0 Å². The number of nitrogens with zero attached hydrogens (tertiary/aromatic N) is 2. The zero-order chi connectivity index (χ0) is 16.7. The molecular weight excluding hydrogens is 472 g/mol. The lowest BCUT2D eigenvalue weighted by Crippen LogP contribution is -2.38. The molecule has 24 heavy (non-hydrogen) atoms. The van der Waals surface area contributed by atoms with E-state index in [1.807, 2.05) is 24.4 Å². The van der Waals surface area contributed by atoms with Crippen LogP contribution >= 0.6 is 46.7 Å². The van der Waals surface area contributed by atoms with Crippen LogP contribution in [0.2, 0.25) is 0 Å². The molecule has 0 unspecified atom stereocenters. The second kappa shape index (κ2) is 10.2. The first-order chi connectivity index (χ1) is 11.0. The maximum Gasteiger partial charge on any atom is 0.434 e. The molecule has 0 atom stereocenters. The number of hydrogen-bond donors (Lipinski definition) is 2. The van der Waals surface area contributed by atoms with E-state index in [0.717, 1.165) is 21.6 Å². The Morgan fingerprint density at radius 2 is 2.08 bits per heavy atom. The molecule has 2 aromatic rings. The van der Waals surface area contributed by atoms with Crippen LogP contribution in [0.4, 0.5) is 13.2 Å². The van der Waals surface area contributed by atoms with E-state index in [1.165, 1.54) is 0 Å². The van der Waals surface area contributed by atoms with Crippen LogP contribution in [0.5, 0.6) is 0 Å². The minimum atomic E-state index is -4.38. The van der Waals surface area contributed by atoms with E-state index >= 15 is 0 Å². The Morgan fingerprint density at radius 3 is 2.67 bits per heavy atom. The zero-order valence-electron chi connectivity index (χ0n) is 12.9. The van der Waals surface area contributed by atoms with Crippen molar-refractivity contribution < 1.29 is 13.2 Å². The van der Waals surface area contributed by atoms with E-state index in [4.69, 9.17) is 0 Å². The number of hydrogen-bond acceptors (Lipinski definition) is 4. The fourth-order valence-corrected chi connectivity index (χ4v) is 3.18. The molecule has 2 N–H and O–H groups in total. The minimum Gasteiger partial charge on any atom is -0.357 e. The Balaban J connectivity index is 0.00000288. The van der Waals surface area contributed by atoms with Crippen molar-refractivity contribution in [3.8, 4) is 0 Å². The quantitative estimate of drug-likeness (QED) is 0.364. The van der Waals surface area contributed by atoms with Gasteiger partial charge < -0.3 is 10.6 Å². The highest BCUT2D eigenvalue weighted by Crippen LogP contribution is 2.29. The van der Waals surface area contributed by atoms with E-state index in [0.29, 0.717) is 37.0 Å². The van der Waals surface area contributed by atoms with Gasteiger partial charge in [0.25, 0.3) is 0 Å². The summed E-state index contributed by atoms with van der Waals surface area (Å²) in [5.41, 5.74) is -0.823. The monoisotopic (exact) mass is 490 g/mol. The predicted octanol–water partition coefficient (Wildman–Crippen LogP) is 4.14. The lowest BCUT2D eigenvalue weighted by atomic mass is 10.4. The average molecular weight is 490 g/mol. The Kier molecular flexibility index (Phi) is 8.98. The Bertz CT molecular complexity index is 626. The molecule has 0 fully saturated rings. The van der Waals surface area contributed by atoms with Crippen LogP contribution in [0.3, 0.4) is 0 Å². The van der Waals surface area contributed by atoms with Gasteiger partial charge in [0, 0.05) is 29.8 Å². The van der Waals surface area contributed by atoms with Crippen molar-refractivity contribution in [2.24, 2.45) is 4.99 Å². The molecule has 0 amide bonds. The van der Waals surface area contributed by atoms with Crippen LogP contribution in [-0.4, -0.2) is 24.0 Å². The van der Waals surface area contributed by atoms with Gasteiger partial charge in [-0.2, -0.15) is 13.2 Å². The van der Waals surface area contributed by atoms with Crippen molar-refractivity contribution in [1.29, 1.82) is 0 Å². The topological polar surface area (TPSA) is 49.3 Å². The molecule has 2 rings (SSSR count). The molecule has 0 bridgehead atoms. The largest absolute Gasteiger partial charge is 0.434 e. The van der Waals surface area contributed by atoms with Crippen molar-refractivity contribution in [1.82, 2.24) is 15.6 Å². The van der Waals surface area contributed by atoms with Crippen LogP contribution in [0, 0.1) is 0 Å². The number of alkyl halides is 3. The molecule has 0 aliphatic carbocycles. The highest BCUT2D eigenvalue weighted by Gasteiger charge is 2.33. The molecule has 0 aromatic carbocycles. The van der Waals surface area contributed by atoms with Gasteiger partial charge >= 0.3 is 6.18 Å². The zero-order valence-corrected chi connectivity index (χ0v) is 16.9. The molecule has 2 aromatic heterocycles. The number of thiophene rings is 1. The predicted molar refractivity (Wildman–Crippen MR) is 103 cm³/mol. The van der Waals surface area contributed by atoms with Crippen LogP contribution in [0.1, 0.15) is 22.5 Å². The number of guanidine groups is 1. The average Bonchev–Trinajstić information content (AvgIpc) is 3.15. The maximum atomic E-state index is 12.5. The summed E-state index contributed by atoms with van der Waals surface area (Å²) in [6, 6.07) is 3.97.